The predicted molar refractivity (Wildman–Crippen MR) is 64.6 cm³/mol. The number of carbonyl (C=O) groups is 1. The highest BCUT2D eigenvalue weighted by atomic mass is 35.7. The molecule has 0 radical (unpaired) electrons. The summed E-state index contributed by atoms with van der Waals surface area (Å²) in [6.07, 6.45) is -1.29. The van der Waals surface area contributed by atoms with Crippen molar-refractivity contribution < 1.29 is 18.3 Å². The molecule has 0 heterocycles. The summed E-state index contributed by atoms with van der Waals surface area (Å²) in [5, 5.41) is 9.59. The maximum absolute atomic E-state index is 11.5. The average Bonchev–Trinajstić information content (AvgIpc) is 2.15. The minimum Gasteiger partial charge on any atom is -0.465 e. The first kappa shape index (κ1) is 13.8. The van der Waals surface area contributed by atoms with Gasteiger partial charge in [-0.15, -0.1) is 0 Å². The van der Waals surface area contributed by atoms with Crippen LogP contribution in [0.25, 0.3) is 0 Å². The molecule has 1 aromatic rings. The third-order valence-electron chi connectivity index (χ3n) is 2.24. The number of halogens is 1. The molecule has 1 aromatic carbocycles. The van der Waals surface area contributed by atoms with E-state index in [1.165, 1.54) is 6.92 Å². The summed E-state index contributed by atoms with van der Waals surface area (Å²) in [7, 11) is 1.43. The van der Waals surface area contributed by atoms with Gasteiger partial charge in [-0.3, -0.25) is 0 Å². The van der Waals surface area contributed by atoms with Crippen LogP contribution < -0.4 is 5.32 Å². The molecule has 2 N–H and O–H groups in total. The molecule has 17 heavy (non-hydrogen) atoms. The van der Waals surface area contributed by atoms with Gasteiger partial charge in [0.15, 0.2) is 0 Å². The maximum atomic E-state index is 11.5. The molecule has 1 amide bonds. The second-order valence-corrected chi connectivity index (χ2v) is 6.29. The van der Waals surface area contributed by atoms with Crippen LogP contribution in [0.15, 0.2) is 30.3 Å². The van der Waals surface area contributed by atoms with Crippen LogP contribution in [0.4, 0.5) is 4.79 Å². The van der Waals surface area contributed by atoms with Crippen molar-refractivity contribution in [1.29, 1.82) is 0 Å². The van der Waals surface area contributed by atoms with Crippen LogP contribution in [0.1, 0.15) is 17.7 Å². The van der Waals surface area contributed by atoms with E-state index in [1.54, 1.807) is 30.3 Å². The quantitative estimate of drug-likeness (QED) is 0.824. The van der Waals surface area contributed by atoms with E-state index in [4.69, 9.17) is 15.8 Å². The summed E-state index contributed by atoms with van der Waals surface area (Å²) in [6.45, 7) is 1.45. The zero-order valence-corrected chi connectivity index (χ0v) is 10.6. The lowest BCUT2D eigenvalue weighted by Gasteiger charge is -2.21. The molecule has 0 aromatic heterocycles. The first-order valence-electron chi connectivity index (χ1n) is 4.80. The fourth-order valence-electron chi connectivity index (χ4n) is 1.61. The number of hydrogen-bond donors (Lipinski definition) is 2. The Morgan fingerprint density at radius 1 is 1.35 bits per heavy atom. The first-order chi connectivity index (χ1) is 7.82. The average molecular weight is 278 g/mol. The topological polar surface area (TPSA) is 83.5 Å². The lowest BCUT2D eigenvalue weighted by atomic mass is 10.1. The van der Waals surface area contributed by atoms with Crippen molar-refractivity contribution in [3.05, 3.63) is 35.9 Å². The highest BCUT2D eigenvalue weighted by Gasteiger charge is 2.31. The van der Waals surface area contributed by atoms with Crippen molar-refractivity contribution in [2.45, 2.75) is 18.2 Å². The third-order valence-corrected chi connectivity index (χ3v) is 4.10. The van der Waals surface area contributed by atoms with Gasteiger partial charge >= 0.3 is 6.09 Å². The SMILES string of the molecule is CC(NC(=O)O)[C@@H](c1ccccc1)S(=O)(=O)Cl. The Balaban J connectivity index is 3.10. The molecule has 0 aliphatic rings. The molecule has 0 saturated heterocycles. The molecule has 7 heteroatoms. The van der Waals surface area contributed by atoms with E-state index in [1.807, 2.05) is 0 Å². The highest BCUT2D eigenvalue weighted by Crippen LogP contribution is 2.28. The second kappa shape index (κ2) is 5.37. The van der Waals surface area contributed by atoms with Gasteiger partial charge in [-0.05, 0) is 12.5 Å². The lowest BCUT2D eigenvalue weighted by molar-refractivity contribution is 0.190. The van der Waals surface area contributed by atoms with Crippen LogP contribution in [-0.2, 0) is 9.05 Å². The molecule has 0 aliphatic heterocycles. The largest absolute Gasteiger partial charge is 0.465 e. The molecule has 1 rings (SSSR count). The number of benzene rings is 1. The van der Waals surface area contributed by atoms with Crippen LogP contribution >= 0.6 is 10.7 Å². The van der Waals surface area contributed by atoms with Gasteiger partial charge in [0.2, 0.25) is 9.05 Å². The summed E-state index contributed by atoms with van der Waals surface area (Å²) in [5.41, 5.74) is 0.448. The van der Waals surface area contributed by atoms with Crippen LogP contribution in [0.2, 0.25) is 0 Å². The fraction of sp³-hybridized carbons (Fsp3) is 0.300. The van der Waals surface area contributed by atoms with Crippen molar-refractivity contribution in [2.24, 2.45) is 0 Å². The van der Waals surface area contributed by atoms with Crippen LogP contribution in [0.3, 0.4) is 0 Å². The van der Waals surface area contributed by atoms with E-state index in [0.717, 1.165) is 0 Å². The molecule has 0 fully saturated rings. The second-order valence-electron chi connectivity index (χ2n) is 3.55. The molecule has 0 spiro atoms. The molecular weight excluding hydrogens is 266 g/mol. The van der Waals surface area contributed by atoms with Gasteiger partial charge in [-0.25, -0.2) is 13.2 Å². The number of carboxylic acid groups (broad SMARTS) is 1. The normalized spacial score (nSPS) is 14.9. The molecule has 2 atom stereocenters. The van der Waals surface area contributed by atoms with Gasteiger partial charge in [0.25, 0.3) is 0 Å². The molecular formula is C10H12ClNO4S. The summed E-state index contributed by atoms with van der Waals surface area (Å²) in [4.78, 5) is 10.5. The lowest BCUT2D eigenvalue weighted by Crippen LogP contribution is -2.38. The van der Waals surface area contributed by atoms with Gasteiger partial charge in [0.05, 0.1) is 6.04 Å². The van der Waals surface area contributed by atoms with Crippen molar-refractivity contribution in [3.63, 3.8) is 0 Å². The maximum Gasteiger partial charge on any atom is 0.404 e. The van der Waals surface area contributed by atoms with Crippen LogP contribution in [0.5, 0.6) is 0 Å². The molecule has 0 bridgehead atoms. The molecule has 0 saturated carbocycles. The van der Waals surface area contributed by atoms with Crippen molar-refractivity contribution in [3.8, 4) is 0 Å². The van der Waals surface area contributed by atoms with E-state index in [2.05, 4.69) is 5.32 Å². The van der Waals surface area contributed by atoms with Gasteiger partial charge in [-0.1, -0.05) is 30.3 Å². The minimum atomic E-state index is -3.92. The third kappa shape index (κ3) is 3.90. The summed E-state index contributed by atoms with van der Waals surface area (Å²) in [5.74, 6) is 0. The van der Waals surface area contributed by atoms with E-state index in [0.29, 0.717) is 5.56 Å². The van der Waals surface area contributed by atoms with Crippen LogP contribution in [-0.4, -0.2) is 25.7 Å². The Morgan fingerprint density at radius 2 is 1.88 bits per heavy atom. The first-order valence-corrected chi connectivity index (χ1v) is 7.17. The van der Waals surface area contributed by atoms with Gasteiger partial charge in [0, 0.05) is 10.7 Å². The van der Waals surface area contributed by atoms with Gasteiger partial charge in [0.1, 0.15) is 5.25 Å². The standard InChI is InChI=1S/C10H12ClNO4S/c1-7(12-10(13)14)9(17(11,15)16)8-5-3-2-4-6-8/h2-7,9,12H,1H3,(H,13,14)/t7?,9-/m0/s1. The minimum absolute atomic E-state index is 0.448. The van der Waals surface area contributed by atoms with Gasteiger partial charge in [-0.2, -0.15) is 0 Å². The molecule has 0 aliphatic carbocycles. The van der Waals surface area contributed by atoms with E-state index < -0.39 is 26.4 Å². The fourth-order valence-corrected chi connectivity index (χ4v) is 3.42. The van der Waals surface area contributed by atoms with Gasteiger partial charge < -0.3 is 10.4 Å². The van der Waals surface area contributed by atoms with Crippen molar-refractivity contribution in [2.75, 3.05) is 0 Å². The summed E-state index contributed by atoms with van der Waals surface area (Å²) in [6, 6.07) is 7.40. The Kier molecular flexibility index (Phi) is 4.36. The monoisotopic (exact) mass is 277 g/mol. The number of amides is 1. The Hall–Kier alpha value is -1.27. The summed E-state index contributed by atoms with van der Waals surface area (Å²) >= 11 is 0. The number of hydrogen-bond acceptors (Lipinski definition) is 3. The van der Waals surface area contributed by atoms with Crippen LogP contribution in [0, 0.1) is 0 Å². The van der Waals surface area contributed by atoms with E-state index in [-0.39, 0.29) is 0 Å². The summed E-state index contributed by atoms with van der Waals surface area (Å²) < 4.78 is 23.0. The highest BCUT2D eigenvalue weighted by molar-refractivity contribution is 8.14. The Bertz CT molecular complexity index is 488. The Labute approximate surface area is 104 Å². The Morgan fingerprint density at radius 3 is 2.29 bits per heavy atom. The zero-order chi connectivity index (χ0) is 13.1. The smallest absolute Gasteiger partial charge is 0.404 e. The number of nitrogens with one attached hydrogen (secondary N) is 1. The molecule has 1 unspecified atom stereocenters. The van der Waals surface area contributed by atoms with Crippen molar-refractivity contribution in [1.82, 2.24) is 5.32 Å². The van der Waals surface area contributed by atoms with E-state index in [9.17, 15) is 13.2 Å². The zero-order valence-electron chi connectivity index (χ0n) is 9.00. The van der Waals surface area contributed by atoms with E-state index >= 15 is 0 Å². The molecule has 94 valence electrons. The predicted octanol–water partition coefficient (Wildman–Crippen LogP) is 1.95. The number of rotatable bonds is 4. The molecule has 5 nitrogen and oxygen atoms in total. The van der Waals surface area contributed by atoms with Crippen molar-refractivity contribution >= 4 is 25.8 Å².